The predicted molar refractivity (Wildman–Crippen MR) is 124 cm³/mol. The molecule has 4 aromatic rings. The van der Waals surface area contributed by atoms with E-state index >= 15 is 0 Å². The summed E-state index contributed by atoms with van der Waals surface area (Å²) in [5.41, 5.74) is 0.894. The number of pyridine rings is 1. The van der Waals surface area contributed by atoms with Gasteiger partial charge in [-0.05, 0) is 56.2 Å². The number of nitrogens with zero attached hydrogens (tertiary/aromatic N) is 2. The van der Waals surface area contributed by atoms with Crippen LogP contribution in [0.2, 0.25) is 0 Å². The lowest BCUT2D eigenvalue weighted by molar-refractivity contribution is -0.384. The second kappa shape index (κ2) is 8.74. The van der Waals surface area contributed by atoms with E-state index in [4.69, 9.17) is 4.74 Å². The molecule has 2 aromatic heterocycles. The van der Waals surface area contributed by atoms with Crippen molar-refractivity contribution in [3.8, 4) is 16.2 Å². The summed E-state index contributed by atoms with van der Waals surface area (Å²) in [6.07, 6.45) is 1.20. The Morgan fingerprint density at radius 1 is 1.12 bits per heavy atom. The second-order valence-corrected chi connectivity index (χ2v) is 8.86. The van der Waals surface area contributed by atoms with Crippen LogP contribution in [0.3, 0.4) is 0 Å². The lowest BCUT2D eigenvalue weighted by Gasteiger charge is -2.14. The van der Waals surface area contributed by atoms with Gasteiger partial charge in [0, 0.05) is 22.6 Å². The van der Waals surface area contributed by atoms with E-state index < -0.39 is 16.6 Å². The Hall–Kier alpha value is -3.59. The molecular weight excluding hydrogens is 450 g/mol. The van der Waals surface area contributed by atoms with Gasteiger partial charge in [0.2, 0.25) is 5.43 Å². The van der Waals surface area contributed by atoms with Crippen molar-refractivity contribution in [1.29, 1.82) is 0 Å². The molecule has 2 aromatic carbocycles. The van der Waals surface area contributed by atoms with Crippen molar-refractivity contribution in [3.05, 3.63) is 91.8 Å². The van der Waals surface area contributed by atoms with E-state index in [1.807, 2.05) is 0 Å². The number of nitro benzene ring substituents is 1. The van der Waals surface area contributed by atoms with Gasteiger partial charge in [0.1, 0.15) is 16.5 Å². The van der Waals surface area contributed by atoms with Crippen molar-refractivity contribution in [2.75, 3.05) is 0 Å². The third-order valence-electron chi connectivity index (χ3n) is 5.21. The Kier molecular flexibility index (Phi) is 5.99. The number of aryl methyl sites for hydroxylation is 1. The van der Waals surface area contributed by atoms with Crippen molar-refractivity contribution < 1.29 is 18.4 Å². The lowest BCUT2D eigenvalue weighted by Crippen LogP contribution is -2.17. The van der Waals surface area contributed by atoms with Crippen molar-refractivity contribution in [2.24, 2.45) is 0 Å². The van der Waals surface area contributed by atoms with Gasteiger partial charge in [-0.1, -0.05) is 6.07 Å². The van der Waals surface area contributed by atoms with Gasteiger partial charge >= 0.3 is 0 Å². The smallest absolute Gasteiger partial charge is 0.269 e. The normalized spacial score (nSPS) is 11.3. The highest BCUT2D eigenvalue weighted by Gasteiger charge is 2.21. The molecule has 0 aliphatic rings. The number of aromatic nitrogens is 1. The fourth-order valence-corrected chi connectivity index (χ4v) is 4.95. The molecule has 4 rings (SSSR count). The van der Waals surface area contributed by atoms with Gasteiger partial charge in [-0.3, -0.25) is 14.9 Å². The zero-order valence-electron chi connectivity index (χ0n) is 18.1. The molecule has 0 fully saturated rings. The summed E-state index contributed by atoms with van der Waals surface area (Å²) >= 11 is 1.28. The Morgan fingerprint density at radius 3 is 2.33 bits per heavy atom. The molecule has 0 spiro atoms. The highest BCUT2D eigenvalue weighted by Crippen LogP contribution is 2.38. The maximum Gasteiger partial charge on any atom is 0.269 e. The highest BCUT2D eigenvalue weighted by atomic mass is 32.1. The predicted octanol–water partition coefficient (Wildman–Crippen LogP) is 6.06. The minimum atomic E-state index is -0.683. The third kappa shape index (κ3) is 4.23. The van der Waals surface area contributed by atoms with Crippen LogP contribution in [0.4, 0.5) is 14.5 Å². The molecule has 0 aliphatic carbocycles. The van der Waals surface area contributed by atoms with E-state index in [9.17, 15) is 23.7 Å². The van der Waals surface area contributed by atoms with E-state index in [0.717, 1.165) is 4.88 Å². The minimum Gasteiger partial charge on any atom is -0.485 e. The zero-order valence-corrected chi connectivity index (χ0v) is 18.9. The fourth-order valence-electron chi connectivity index (χ4n) is 3.67. The maximum absolute atomic E-state index is 14.4. The van der Waals surface area contributed by atoms with E-state index in [0.29, 0.717) is 21.3 Å². The summed E-state index contributed by atoms with van der Waals surface area (Å²) in [5.74, 6) is -1.28. The highest BCUT2D eigenvalue weighted by molar-refractivity contribution is 7.22. The van der Waals surface area contributed by atoms with E-state index in [1.165, 1.54) is 47.9 Å². The standard InChI is InChI=1S/C24H20F2N2O4S/c1-13(2)32-20-12-27(11-17-18(25)5-4-6-19(17)26)24-21(22(20)29)14(3)23(33-24)15-7-9-16(10-8-15)28(30)31/h4-10,12-13H,11H2,1-3H3. The first kappa shape index (κ1) is 22.6. The summed E-state index contributed by atoms with van der Waals surface area (Å²) in [5, 5.41) is 11.4. The molecule has 9 heteroatoms. The van der Waals surface area contributed by atoms with Crippen LogP contribution in [0.5, 0.6) is 5.75 Å². The molecule has 33 heavy (non-hydrogen) atoms. The molecule has 0 amide bonds. The molecule has 0 unspecified atom stereocenters. The van der Waals surface area contributed by atoms with Crippen LogP contribution in [0, 0.1) is 28.7 Å². The molecule has 170 valence electrons. The molecule has 0 N–H and O–H groups in total. The number of hydrogen-bond donors (Lipinski definition) is 0. The van der Waals surface area contributed by atoms with E-state index in [2.05, 4.69) is 0 Å². The lowest BCUT2D eigenvalue weighted by atomic mass is 10.1. The molecule has 2 heterocycles. The Morgan fingerprint density at radius 2 is 1.76 bits per heavy atom. The SMILES string of the molecule is Cc1c(-c2ccc([N+](=O)[O-])cc2)sc2c1c(=O)c(OC(C)C)cn2Cc1c(F)cccc1F. The number of benzene rings is 2. The van der Waals surface area contributed by atoms with Crippen molar-refractivity contribution >= 4 is 27.2 Å². The van der Waals surface area contributed by atoms with Crippen molar-refractivity contribution in [2.45, 2.75) is 33.4 Å². The van der Waals surface area contributed by atoms with E-state index in [1.54, 1.807) is 37.5 Å². The molecule has 0 bridgehead atoms. The van der Waals surface area contributed by atoms with Gasteiger partial charge < -0.3 is 9.30 Å². The van der Waals surface area contributed by atoms with Gasteiger partial charge in [0.15, 0.2) is 5.75 Å². The summed E-state index contributed by atoms with van der Waals surface area (Å²) in [4.78, 5) is 25.0. The number of rotatable bonds is 6. The van der Waals surface area contributed by atoms with Crippen LogP contribution in [0.15, 0.2) is 53.5 Å². The molecule has 0 radical (unpaired) electrons. The summed E-state index contributed by atoms with van der Waals surface area (Å²) in [7, 11) is 0. The second-order valence-electron chi connectivity index (χ2n) is 7.86. The molecule has 0 atom stereocenters. The number of halogens is 2. The average Bonchev–Trinajstić information content (AvgIpc) is 3.11. The van der Waals surface area contributed by atoms with Crippen LogP contribution in [0.1, 0.15) is 25.0 Å². The van der Waals surface area contributed by atoms with Gasteiger partial charge in [-0.25, -0.2) is 8.78 Å². The molecule has 6 nitrogen and oxygen atoms in total. The minimum absolute atomic E-state index is 0.0419. The number of hydrogen-bond acceptors (Lipinski definition) is 5. The average molecular weight is 470 g/mol. The molecule has 0 saturated carbocycles. The zero-order chi connectivity index (χ0) is 23.9. The largest absolute Gasteiger partial charge is 0.485 e. The first-order valence-corrected chi connectivity index (χ1v) is 11.0. The Balaban J connectivity index is 1.94. The number of nitro groups is 1. The molecule has 0 saturated heterocycles. The summed E-state index contributed by atoms with van der Waals surface area (Å²) in [6.45, 7) is 5.22. The van der Waals surface area contributed by atoms with Crippen LogP contribution in [-0.2, 0) is 6.54 Å². The molecule has 0 aliphatic heterocycles. The molecular formula is C24H20F2N2O4S. The first-order valence-electron chi connectivity index (χ1n) is 10.2. The fraction of sp³-hybridized carbons (Fsp3) is 0.208. The van der Waals surface area contributed by atoms with E-state index in [-0.39, 0.29) is 35.1 Å². The maximum atomic E-state index is 14.4. The van der Waals surface area contributed by atoms with Crippen LogP contribution < -0.4 is 10.2 Å². The number of non-ortho nitro benzene ring substituents is 1. The van der Waals surface area contributed by atoms with Crippen molar-refractivity contribution in [1.82, 2.24) is 4.57 Å². The van der Waals surface area contributed by atoms with Gasteiger partial charge in [-0.15, -0.1) is 11.3 Å². The summed E-state index contributed by atoms with van der Waals surface area (Å²) in [6, 6.07) is 9.70. The first-order chi connectivity index (χ1) is 15.7. The number of fused-ring (bicyclic) bond motifs is 1. The quantitative estimate of drug-likeness (QED) is 0.254. The van der Waals surface area contributed by atoms with Crippen LogP contribution in [-0.4, -0.2) is 15.6 Å². The number of ether oxygens (including phenoxy) is 1. The Labute approximate surface area is 191 Å². The topological polar surface area (TPSA) is 74.4 Å². The van der Waals surface area contributed by atoms with Gasteiger partial charge in [0.05, 0.1) is 29.2 Å². The van der Waals surface area contributed by atoms with Gasteiger partial charge in [0.25, 0.3) is 5.69 Å². The third-order valence-corrected chi connectivity index (χ3v) is 6.58. The van der Waals surface area contributed by atoms with Gasteiger partial charge in [-0.2, -0.15) is 0 Å². The monoisotopic (exact) mass is 470 g/mol. The van der Waals surface area contributed by atoms with Crippen LogP contribution in [0.25, 0.3) is 20.7 Å². The van der Waals surface area contributed by atoms with Crippen molar-refractivity contribution in [3.63, 3.8) is 0 Å². The van der Waals surface area contributed by atoms with Crippen LogP contribution >= 0.6 is 11.3 Å². The summed E-state index contributed by atoms with van der Waals surface area (Å²) < 4.78 is 36.1. The number of thiophene rings is 1. The Bertz CT molecular complexity index is 1410.